The average Bonchev–Trinajstić information content (AvgIpc) is 2.61. The first kappa shape index (κ1) is 13.8. The van der Waals surface area contributed by atoms with E-state index in [-0.39, 0.29) is 5.91 Å². The van der Waals surface area contributed by atoms with Crippen LogP contribution in [0.15, 0.2) is 60.8 Å². The lowest BCUT2D eigenvalue weighted by molar-refractivity contribution is -0.114. The molecule has 1 amide bonds. The van der Waals surface area contributed by atoms with Crippen LogP contribution in [0.25, 0.3) is 6.08 Å². The minimum Gasteiger partial charge on any atom is -0.299 e. The molecule has 3 rings (SSSR count). The van der Waals surface area contributed by atoms with E-state index in [1.54, 1.807) is 48.5 Å². The molecular weight excluding hydrogens is 276 g/mol. The number of hydrogen-bond acceptors (Lipinski definition) is 3. The Kier molecular flexibility index (Phi) is 3.32. The smallest absolute Gasteiger partial charge is 0.259 e. The minimum absolute atomic E-state index is 0.389. The fourth-order valence-corrected chi connectivity index (χ4v) is 2.60. The van der Waals surface area contributed by atoms with Gasteiger partial charge in [-0.15, -0.1) is 0 Å². The molecule has 0 spiro atoms. The van der Waals surface area contributed by atoms with Crippen LogP contribution in [0.3, 0.4) is 0 Å². The molecule has 1 atom stereocenters. The van der Waals surface area contributed by atoms with Crippen molar-refractivity contribution >= 4 is 18.3 Å². The molecule has 22 heavy (non-hydrogen) atoms. The molecule has 1 aliphatic heterocycles. The summed E-state index contributed by atoms with van der Waals surface area (Å²) >= 11 is 0. The summed E-state index contributed by atoms with van der Waals surface area (Å²) in [5.41, 5.74) is 0.0543. The van der Waals surface area contributed by atoms with Gasteiger partial charge in [0.2, 0.25) is 5.54 Å². The Hall–Kier alpha value is -3.19. The Balaban J connectivity index is 2.16. The topological polar surface area (TPSA) is 61.2 Å². The number of hydrogen-bond donors (Lipinski definition) is 0. The molecule has 0 aromatic heterocycles. The Morgan fingerprint density at radius 2 is 1.77 bits per heavy atom. The monoisotopic (exact) mass is 288 g/mol. The molecule has 1 heterocycles. The van der Waals surface area contributed by atoms with Crippen LogP contribution in [0, 0.1) is 11.3 Å². The molecule has 0 radical (unpaired) electrons. The maximum Gasteiger partial charge on any atom is 0.259 e. The minimum atomic E-state index is -1.64. The number of amides is 1. The van der Waals surface area contributed by atoms with Crippen molar-refractivity contribution in [1.82, 2.24) is 4.90 Å². The maximum atomic E-state index is 12.7. The van der Waals surface area contributed by atoms with Crippen molar-refractivity contribution in [2.24, 2.45) is 0 Å². The predicted octanol–water partition coefficient (Wildman–Crippen LogP) is 2.73. The van der Waals surface area contributed by atoms with E-state index in [1.165, 1.54) is 11.1 Å². The summed E-state index contributed by atoms with van der Waals surface area (Å²) in [6.45, 7) is 0. The van der Waals surface area contributed by atoms with Crippen molar-refractivity contribution in [2.45, 2.75) is 5.54 Å². The molecule has 1 aliphatic rings. The Morgan fingerprint density at radius 1 is 1.09 bits per heavy atom. The van der Waals surface area contributed by atoms with Crippen LogP contribution in [0.1, 0.15) is 21.5 Å². The van der Waals surface area contributed by atoms with Crippen LogP contribution in [-0.4, -0.2) is 17.1 Å². The number of nitrogens with zero attached hydrogens (tertiary/aromatic N) is 2. The molecule has 0 saturated heterocycles. The van der Waals surface area contributed by atoms with Crippen molar-refractivity contribution in [3.8, 4) is 6.07 Å². The quantitative estimate of drug-likeness (QED) is 0.798. The zero-order chi connectivity index (χ0) is 15.6. The van der Waals surface area contributed by atoms with E-state index < -0.39 is 5.54 Å². The second kappa shape index (κ2) is 5.30. The highest BCUT2D eigenvalue weighted by Crippen LogP contribution is 2.35. The number of benzene rings is 2. The Bertz CT molecular complexity index is 805. The van der Waals surface area contributed by atoms with Gasteiger partial charge in [-0.2, -0.15) is 5.26 Å². The molecule has 0 unspecified atom stereocenters. The summed E-state index contributed by atoms with van der Waals surface area (Å²) in [5, 5.41) is 9.65. The first-order valence-corrected chi connectivity index (χ1v) is 6.77. The lowest BCUT2D eigenvalue weighted by Gasteiger charge is -2.36. The zero-order valence-electron chi connectivity index (χ0n) is 11.6. The third-order valence-electron chi connectivity index (χ3n) is 3.74. The Morgan fingerprint density at radius 3 is 2.45 bits per heavy atom. The summed E-state index contributed by atoms with van der Waals surface area (Å²) in [4.78, 5) is 25.7. The zero-order valence-corrected chi connectivity index (χ0v) is 11.6. The number of aldehydes is 1. The van der Waals surface area contributed by atoms with Crippen molar-refractivity contribution in [3.05, 3.63) is 77.5 Å². The summed E-state index contributed by atoms with van der Waals surface area (Å²) < 4.78 is 0. The van der Waals surface area contributed by atoms with Crippen LogP contribution >= 0.6 is 0 Å². The molecule has 4 heteroatoms. The molecule has 0 bridgehead atoms. The van der Waals surface area contributed by atoms with Gasteiger partial charge in [0.15, 0.2) is 6.29 Å². The van der Waals surface area contributed by atoms with Crippen LogP contribution in [0.4, 0.5) is 0 Å². The van der Waals surface area contributed by atoms with Crippen molar-refractivity contribution in [3.63, 3.8) is 0 Å². The fraction of sp³-hybridized carbons (Fsp3) is 0.0556. The summed E-state index contributed by atoms with van der Waals surface area (Å²) in [6, 6.07) is 17.7. The number of rotatable bonds is 2. The third-order valence-corrected chi connectivity index (χ3v) is 3.74. The number of carbonyl (C=O) groups is 2. The van der Waals surface area contributed by atoms with Crippen molar-refractivity contribution in [1.29, 1.82) is 5.26 Å². The van der Waals surface area contributed by atoms with Crippen molar-refractivity contribution < 1.29 is 9.59 Å². The van der Waals surface area contributed by atoms with E-state index in [0.717, 1.165) is 5.56 Å². The van der Waals surface area contributed by atoms with E-state index in [1.807, 2.05) is 18.2 Å². The standard InChI is InChI=1S/C18H12N2O2/c19-12-18(13-21)16-9-5-4-6-14(16)10-11-20(18)17(22)15-7-2-1-3-8-15/h1-11,13H/t18-/m1/s1. The molecule has 0 fully saturated rings. The van der Waals surface area contributed by atoms with Gasteiger partial charge in [-0.3, -0.25) is 14.5 Å². The number of fused-ring (bicyclic) bond motifs is 1. The second-order valence-electron chi connectivity index (χ2n) is 4.94. The molecule has 2 aromatic rings. The van der Waals surface area contributed by atoms with Gasteiger partial charge in [0.25, 0.3) is 5.91 Å². The van der Waals surface area contributed by atoms with Gasteiger partial charge in [-0.05, 0) is 23.8 Å². The lowest BCUT2D eigenvalue weighted by atomic mass is 9.84. The second-order valence-corrected chi connectivity index (χ2v) is 4.94. The summed E-state index contributed by atoms with van der Waals surface area (Å²) in [6.07, 6.45) is 3.75. The third kappa shape index (κ3) is 1.92. The number of nitriles is 1. The average molecular weight is 288 g/mol. The normalized spacial score (nSPS) is 19.1. The molecule has 106 valence electrons. The van der Waals surface area contributed by atoms with Gasteiger partial charge in [-0.1, -0.05) is 42.5 Å². The SMILES string of the molecule is N#C[C@@]1(C=O)c2ccccc2C=CN1C(=O)c1ccccc1. The van der Waals surface area contributed by atoms with Crippen LogP contribution < -0.4 is 0 Å². The highest BCUT2D eigenvalue weighted by atomic mass is 16.2. The molecule has 0 saturated carbocycles. The van der Waals surface area contributed by atoms with E-state index in [9.17, 15) is 14.9 Å². The van der Waals surface area contributed by atoms with Gasteiger partial charge < -0.3 is 0 Å². The van der Waals surface area contributed by atoms with Crippen molar-refractivity contribution in [2.75, 3.05) is 0 Å². The van der Waals surface area contributed by atoms with E-state index in [2.05, 4.69) is 0 Å². The fourth-order valence-electron chi connectivity index (χ4n) is 2.60. The summed E-state index contributed by atoms with van der Waals surface area (Å²) in [7, 11) is 0. The molecule has 0 N–H and O–H groups in total. The van der Waals surface area contributed by atoms with Crippen LogP contribution in [0.2, 0.25) is 0 Å². The van der Waals surface area contributed by atoms with Crippen LogP contribution in [-0.2, 0) is 10.3 Å². The maximum absolute atomic E-state index is 12.7. The first-order chi connectivity index (χ1) is 10.7. The highest BCUT2D eigenvalue weighted by Gasteiger charge is 2.44. The van der Waals surface area contributed by atoms with Gasteiger partial charge in [-0.25, -0.2) is 0 Å². The number of carbonyl (C=O) groups excluding carboxylic acids is 2. The Labute approximate surface area is 127 Å². The lowest BCUT2D eigenvalue weighted by Crippen LogP contribution is -2.48. The van der Waals surface area contributed by atoms with Gasteiger partial charge in [0.1, 0.15) is 6.07 Å². The van der Waals surface area contributed by atoms with Gasteiger partial charge in [0.05, 0.1) is 0 Å². The van der Waals surface area contributed by atoms with E-state index >= 15 is 0 Å². The van der Waals surface area contributed by atoms with Gasteiger partial charge in [0, 0.05) is 17.3 Å². The molecule has 0 aliphatic carbocycles. The largest absolute Gasteiger partial charge is 0.299 e. The van der Waals surface area contributed by atoms with Gasteiger partial charge >= 0.3 is 0 Å². The van der Waals surface area contributed by atoms with Crippen LogP contribution in [0.5, 0.6) is 0 Å². The van der Waals surface area contributed by atoms with E-state index in [0.29, 0.717) is 17.4 Å². The predicted molar refractivity (Wildman–Crippen MR) is 81.4 cm³/mol. The first-order valence-electron chi connectivity index (χ1n) is 6.77. The molecule has 4 nitrogen and oxygen atoms in total. The molecular formula is C18H12N2O2. The highest BCUT2D eigenvalue weighted by molar-refractivity contribution is 5.99. The summed E-state index contributed by atoms with van der Waals surface area (Å²) in [5.74, 6) is -0.389. The van der Waals surface area contributed by atoms with E-state index in [4.69, 9.17) is 0 Å². The molecule has 2 aromatic carbocycles.